The van der Waals surface area contributed by atoms with Crippen LogP contribution in [0, 0.1) is 0 Å². The lowest BCUT2D eigenvalue weighted by atomic mass is 10.1. The molecule has 0 radical (unpaired) electrons. The molecular formula is C10H22N2O4S2. The van der Waals surface area contributed by atoms with Crippen LogP contribution in [0.2, 0.25) is 0 Å². The van der Waals surface area contributed by atoms with E-state index in [-0.39, 0.29) is 17.5 Å². The van der Waals surface area contributed by atoms with Gasteiger partial charge >= 0.3 is 0 Å². The second-order valence-corrected chi connectivity index (χ2v) is 9.57. The maximum atomic E-state index is 11.5. The van der Waals surface area contributed by atoms with Gasteiger partial charge in [0.25, 0.3) is 0 Å². The van der Waals surface area contributed by atoms with E-state index in [9.17, 15) is 16.8 Å². The Morgan fingerprint density at radius 2 is 1.94 bits per heavy atom. The number of hydrogen-bond acceptors (Lipinski definition) is 5. The molecule has 0 saturated carbocycles. The average Bonchev–Trinajstić information content (AvgIpc) is 2.09. The maximum absolute atomic E-state index is 11.5. The summed E-state index contributed by atoms with van der Waals surface area (Å²) in [5, 5.41) is 3.13. The minimum absolute atomic E-state index is 0.0793. The molecule has 1 heterocycles. The van der Waals surface area contributed by atoms with E-state index in [1.165, 1.54) is 0 Å². The number of sulfone groups is 1. The minimum Gasteiger partial charge on any atom is -0.311 e. The van der Waals surface area contributed by atoms with Crippen LogP contribution in [0.5, 0.6) is 0 Å². The number of hydrogen-bond donors (Lipinski definition) is 2. The summed E-state index contributed by atoms with van der Waals surface area (Å²) in [6, 6.07) is -0.0793. The Balaban J connectivity index is 2.50. The molecule has 8 heteroatoms. The van der Waals surface area contributed by atoms with Crippen LogP contribution in [0.4, 0.5) is 0 Å². The van der Waals surface area contributed by atoms with E-state index in [2.05, 4.69) is 10.0 Å². The van der Waals surface area contributed by atoms with Gasteiger partial charge in [0.1, 0.15) is 0 Å². The van der Waals surface area contributed by atoms with Gasteiger partial charge in [0, 0.05) is 18.1 Å². The fraction of sp³-hybridized carbons (Fsp3) is 1.00. The van der Waals surface area contributed by atoms with Crippen LogP contribution in [0.25, 0.3) is 0 Å². The summed E-state index contributed by atoms with van der Waals surface area (Å²) in [4.78, 5) is 0. The van der Waals surface area contributed by atoms with Crippen molar-refractivity contribution >= 4 is 19.9 Å². The van der Waals surface area contributed by atoms with Crippen molar-refractivity contribution in [3.63, 3.8) is 0 Å². The van der Waals surface area contributed by atoms with E-state index in [0.717, 1.165) is 12.7 Å². The van der Waals surface area contributed by atoms with E-state index >= 15 is 0 Å². The topological polar surface area (TPSA) is 92.3 Å². The van der Waals surface area contributed by atoms with Crippen LogP contribution in [0.1, 0.15) is 26.7 Å². The molecule has 18 heavy (non-hydrogen) atoms. The van der Waals surface area contributed by atoms with Crippen LogP contribution in [-0.2, 0) is 19.9 Å². The van der Waals surface area contributed by atoms with Crippen molar-refractivity contribution in [1.82, 2.24) is 10.0 Å². The SMILES string of the molecule is CC(C)(CNC1CCCS(=O)(=O)C1)NS(C)(=O)=O. The van der Waals surface area contributed by atoms with Crippen LogP contribution < -0.4 is 10.0 Å². The summed E-state index contributed by atoms with van der Waals surface area (Å²) < 4.78 is 47.8. The van der Waals surface area contributed by atoms with Gasteiger partial charge in [-0.05, 0) is 26.7 Å². The van der Waals surface area contributed by atoms with E-state index < -0.39 is 25.4 Å². The molecular weight excluding hydrogens is 276 g/mol. The highest BCUT2D eigenvalue weighted by molar-refractivity contribution is 7.91. The van der Waals surface area contributed by atoms with Crippen LogP contribution in [-0.4, -0.2) is 52.7 Å². The minimum atomic E-state index is -3.27. The molecule has 0 aromatic rings. The largest absolute Gasteiger partial charge is 0.311 e. The molecule has 1 aliphatic rings. The summed E-state index contributed by atoms with van der Waals surface area (Å²) in [6.45, 7) is 3.93. The number of nitrogens with one attached hydrogen (secondary N) is 2. The van der Waals surface area contributed by atoms with Crippen molar-refractivity contribution in [1.29, 1.82) is 0 Å². The first-order chi connectivity index (χ1) is 7.99. The fourth-order valence-electron chi connectivity index (χ4n) is 2.12. The third kappa shape index (κ3) is 6.12. The molecule has 108 valence electrons. The van der Waals surface area contributed by atoms with E-state index in [4.69, 9.17) is 0 Å². The predicted molar refractivity (Wildman–Crippen MR) is 71.7 cm³/mol. The van der Waals surface area contributed by atoms with Gasteiger partial charge in [0.15, 0.2) is 9.84 Å². The third-order valence-electron chi connectivity index (χ3n) is 2.76. The first-order valence-corrected chi connectivity index (χ1v) is 9.63. The normalized spacial score (nSPS) is 24.9. The van der Waals surface area contributed by atoms with Crippen molar-refractivity contribution in [2.75, 3.05) is 24.3 Å². The third-order valence-corrected chi connectivity index (χ3v) is 5.50. The monoisotopic (exact) mass is 298 g/mol. The highest BCUT2D eigenvalue weighted by Gasteiger charge is 2.27. The first kappa shape index (κ1) is 15.9. The second kappa shape index (κ2) is 5.44. The van der Waals surface area contributed by atoms with Crippen LogP contribution >= 0.6 is 0 Å². The molecule has 0 bridgehead atoms. The summed E-state index contributed by atoms with van der Waals surface area (Å²) in [7, 11) is -6.20. The van der Waals surface area contributed by atoms with Gasteiger partial charge in [-0.1, -0.05) is 0 Å². The molecule has 1 unspecified atom stereocenters. The summed E-state index contributed by atoms with van der Waals surface area (Å²) in [5.41, 5.74) is -0.630. The van der Waals surface area contributed by atoms with Gasteiger partial charge < -0.3 is 5.32 Å². The summed E-state index contributed by atoms with van der Waals surface area (Å²) >= 11 is 0. The zero-order valence-corrected chi connectivity index (χ0v) is 12.7. The molecule has 1 atom stereocenters. The lowest BCUT2D eigenvalue weighted by Crippen LogP contribution is -2.53. The second-order valence-electron chi connectivity index (χ2n) is 5.59. The molecule has 1 rings (SSSR count). The van der Waals surface area contributed by atoms with Gasteiger partial charge in [-0.25, -0.2) is 21.6 Å². The summed E-state index contributed by atoms with van der Waals surface area (Å²) in [5.74, 6) is 0.401. The molecule has 0 aromatic carbocycles. The average molecular weight is 298 g/mol. The van der Waals surface area contributed by atoms with Crippen molar-refractivity contribution in [2.45, 2.75) is 38.3 Å². The zero-order valence-electron chi connectivity index (χ0n) is 11.1. The Kier molecular flexibility index (Phi) is 4.80. The molecule has 1 aliphatic heterocycles. The van der Waals surface area contributed by atoms with Gasteiger partial charge in [-0.2, -0.15) is 0 Å². The molecule has 0 amide bonds. The van der Waals surface area contributed by atoms with Gasteiger partial charge in [-0.3, -0.25) is 0 Å². The maximum Gasteiger partial charge on any atom is 0.209 e. The number of sulfonamides is 1. The van der Waals surface area contributed by atoms with Crippen molar-refractivity contribution in [3.05, 3.63) is 0 Å². The van der Waals surface area contributed by atoms with Crippen molar-refractivity contribution in [2.24, 2.45) is 0 Å². The molecule has 0 aliphatic carbocycles. The standard InChI is InChI=1S/C10H22N2O4S2/c1-10(2,12-17(3,13)14)8-11-9-5-4-6-18(15,16)7-9/h9,11-12H,4-8H2,1-3H3. The fourth-order valence-corrected chi connectivity index (χ4v) is 4.87. The highest BCUT2D eigenvalue weighted by Crippen LogP contribution is 2.13. The van der Waals surface area contributed by atoms with E-state index in [1.807, 2.05) is 0 Å². The van der Waals surface area contributed by atoms with Gasteiger partial charge in [0.05, 0.1) is 17.8 Å². The molecule has 0 spiro atoms. The Morgan fingerprint density at radius 3 is 2.44 bits per heavy atom. The zero-order chi connectivity index (χ0) is 14.0. The Morgan fingerprint density at radius 1 is 1.33 bits per heavy atom. The lowest BCUT2D eigenvalue weighted by Gasteiger charge is -2.30. The molecule has 2 N–H and O–H groups in total. The van der Waals surface area contributed by atoms with Crippen LogP contribution in [0.3, 0.4) is 0 Å². The highest BCUT2D eigenvalue weighted by atomic mass is 32.2. The van der Waals surface area contributed by atoms with Crippen molar-refractivity contribution in [3.8, 4) is 0 Å². The molecule has 1 saturated heterocycles. The van der Waals surface area contributed by atoms with E-state index in [0.29, 0.717) is 13.0 Å². The van der Waals surface area contributed by atoms with Gasteiger partial charge in [0.2, 0.25) is 10.0 Å². The molecule has 1 fully saturated rings. The van der Waals surface area contributed by atoms with Gasteiger partial charge in [-0.15, -0.1) is 0 Å². The Hall–Kier alpha value is -0.180. The Labute approximate surface area is 110 Å². The van der Waals surface area contributed by atoms with Crippen molar-refractivity contribution < 1.29 is 16.8 Å². The van der Waals surface area contributed by atoms with Crippen LogP contribution in [0.15, 0.2) is 0 Å². The first-order valence-electron chi connectivity index (χ1n) is 5.92. The predicted octanol–water partition coefficient (Wildman–Crippen LogP) is -0.519. The Bertz CT molecular complexity index is 482. The quantitative estimate of drug-likeness (QED) is 0.712. The molecule has 0 aromatic heterocycles. The number of rotatable bonds is 5. The lowest BCUT2D eigenvalue weighted by molar-refractivity contribution is 0.382. The molecule has 6 nitrogen and oxygen atoms in total. The summed E-state index contributed by atoms with van der Waals surface area (Å²) in [6.07, 6.45) is 2.59. The van der Waals surface area contributed by atoms with E-state index in [1.54, 1.807) is 13.8 Å². The smallest absolute Gasteiger partial charge is 0.209 e.